The van der Waals surface area contributed by atoms with E-state index in [1.165, 1.54) is 6.20 Å². The lowest BCUT2D eigenvalue weighted by Gasteiger charge is -2.25. The molecule has 4 nitrogen and oxygen atoms in total. The summed E-state index contributed by atoms with van der Waals surface area (Å²) >= 11 is 0. The maximum absolute atomic E-state index is 10.5. The first-order chi connectivity index (χ1) is 4.10. The number of hydrogen-bond donors (Lipinski definition) is 3. The van der Waals surface area contributed by atoms with Gasteiger partial charge in [-0.25, -0.2) is 4.79 Å². The second-order valence-electron chi connectivity index (χ2n) is 2.21. The third-order valence-corrected chi connectivity index (χ3v) is 1.03. The highest BCUT2D eigenvalue weighted by atomic mass is 16.2. The van der Waals surface area contributed by atoms with E-state index < -0.39 is 5.66 Å². The molecular weight excluding hydrogens is 118 g/mol. The maximum atomic E-state index is 10.5. The molecular formula is C5H9N3O. The lowest BCUT2D eigenvalue weighted by molar-refractivity contribution is 0.234. The van der Waals surface area contributed by atoms with Crippen molar-refractivity contribution in [3.05, 3.63) is 12.3 Å². The molecule has 0 aromatic heterocycles. The topological polar surface area (TPSA) is 67.1 Å². The van der Waals surface area contributed by atoms with Crippen molar-refractivity contribution in [3.8, 4) is 0 Å². The van der Waals surface area contributed by atoms with Gasteiger partial charge in [0.1, 0.15) is 5.66 Å². The van der Waals surface area contributed by atoms with Crippen LogP contribution in [0.4, 0.5) is 4.79 Å². The highest BCUT2D eigenvalue weighted by Crippen LogP contribution is 1.97. The van der Waals surface area contributed by atoms with Crippen LogP contribution in [0, 0.1) is 0 Å². The van der Waals surface area contributed by atoms with E-state index in [1.807, 2.05) is 0 Å². The Morgan fingerprint density at radius 1 is 1.78 bits per heavy atom. The Morgan fingerprint density at radius 3 is 2.78 bits per heavy atom. The normalized spacial score (nSPS) is 33.3. The molecule has 4 N–H and O–H groups in total. The van der Waals surface area contributed by atoms with Gasteiger partial charge in [-0.15, -0.1) is 0 Å². The SMILES string of the molecule is CC1(N)C=CNC(=O)N1. The third kappa shape index (κ3) is 1.43. The van der Waals surface area contributed by atoms with Crippen molar-refractivity contribution in [1.29, 1.82) is 0 Å². The Bertz CT molecular complexity index is 162. The van der Waals surface area contributed by atoms with Crippen molar-refractivity contribution in [1.82, 2.24) is 10.6 Å². The summed E-state index contributed by atoms with van der Waals surface area (Å²) in [6.07, 6.45) is 3.20. The summed E-state index contributed by atoms with van der Waals surface area (Å²) in [6.45, 7) is 1.71. The van der Waals surface area contributed by atoms with Crippen LogP contribution in [-0.4, -0.2) is 11.7 Å². The lowest BCUT2D eigenvalue weighted by Crippen LogP contribution is -2.57. The number of urea groups is 1. The molecule has 1 unspecified atom stereocenters. The molecule has 0 aromatic carbocycles. The van der Waals surface area contributed by atoms with E-state index in [1.54, 1.807) is 13.0 Å². The summed E-state index contributed by atoms with van der Waals surface area (Å²) < 4.78 is 0. The summed E-state index contributed by atoms with van der Waals surface area (Å²) in [5, 5.41) is 4.92. The molecule has 0 spiro atoms. The number of hydrogen-bond acceptors (Lipinski definition) is 2. The standard InChI is InChI=1S/C5H9N3O/c1-5(6)2-3-7-4(9)8-5/h2-3H,6H2,1H3,(H2,7,8,9). The van der Waals surface area contributed by atoms with Crippen molar-refractivity contribution < 1.29 is 4.79 Å². The average Bonchev–Trinajstić information content (AvgIpc) is 1.60. The van der Waals surface area contributed by atoms with Crippen molar-refractivity contribution in [2.75, 3.05) is 0 Å². The zero-order valence-corrected chi connectivity index (χ0v) is 5.14. The Balaban J connectivity index is 2.71. The summed E-state index contributed by atoms with van der Waals surface area (Å²) in [5.74, 6) is 0. The summed E-state index contributed by atoms with van der Waals surface area (Å²) in [7, 11) is 0. The molecule has 0 saturated carbocycles. The van der Waals surface area contributed by atoms with Gasteiger partial charge >= 0.3 is 6.03 Å². The average molecular weight is 127 g/mol. The molecule has 1 heterocycles. The molecule has 1 aliphatic heterocycles. The molecule has 1 aliphatic rings. The minimum Gasteiger partial charge on any atom is -0.317 e. The number of nitrogens with one attached hydrogen (secondary N) is 2. The third-order valence-electron chi connectivity index (χ3n) is 1.03. The number of carbonyl (C=O) groups is 1. The maximum Gasteiger partial charge on any atom is 0.320 e. The molecule has 0 aliphatic carbocycles. The molecule has 1 atom stereocenters. The summed E-state index contributed by atoms with van der Waals surface area (Å²) in [6, 6.07) is -0.262. The Morgan fingerprint density at radius 2 is 2.44 bits per heavy atom. The first kappa shape index (κ1) is 6.10. The molecule has 0 radical (unpaired) electrons. The van der Waals surface area contributed by atoms with Gasteiger partial charge in [-0.2, -0.15) is 0 Å². The number of carbonyl (C=O) groups excluding carboxylic acids is 1. The van der Waals surface area contributed by atoms with Crippen LogP contribution in [0.2, 0.25) is 0 Å². The van der Waals surface area contributed by atoms with Gasteiger partial charge in [0.25, 0.3) is 0 Å². The monoisotopic (exact) mass is 127 g/mol. The van der Waals surface area contributed by atoms with Gasteiger partial charge in [-0.1, -0.05) is 0 Å². The minimum absolute atomic E-state index is 0.262. The fourth-order valence-electron chi connectivity index (χ4n) is 0.613. The van der Waals surface area contributed by atoms with Crippen molar-refractivity contribution in [2.45, 2.75) is 12.6 Å². The molecule has 0 aromatic rings. The van der Waals surface area contributed by atoms with E-state index in [0.29, 0.717) is 0 Å². The first-order valence-electron chi connectivity index (χ1n) is 2.65. The molecule has 50 valence electrons. The second kappa shape index (κ2) is 1.73. The molecule has 0 fully saturated rings. The van der Waals surface area contributed by atoms with E-state index in [-0.39, 0.29) is 6.03 Å². The predicted molar refractivity (Wildman–Crippen MR) is 33.4 cm³/mol. The predicted octanol–water partition coefficient (Wildman–Crippen LogP) is -0.512. The van der Waals surface area contributed by atoms with Crippen LogP contribution in [0.3, 0.4) is 0 Å². The highest BCUT2D eigenvalue weighted by molar-refractivity contribution is 5.77. The van der Waals surface area contributed by atoms with Crippen molar-refractivity contribution in [2.24, 2.45) is 5.73 Å². The lowest BCUT2D eigenvalue weighted by atomic mass is 10.2. The smallest absolute Gasteiger partial charge is 0.317 e. The Hall–Kier alpha value is -1.03. The van der Waals surface area contributed by atoms with Gasteiger partial charge in [0, 0.05) is 6.20 Å². The van der Waals surface area contributed by atoms with Crippen LogP contribution in [0.25, 0.3) is 0 Å². The van der Waals surface area contributed by atoms with Crippen LogP contribution in [-0.2, 0) is 0 Å². The number of nitrogens with two attached hydrogens (primary N) is 1. The molecule has 4 heteroatoms. The molecule has 2 amide bonds. The van der Waals surface area contributed by atoms with E-state index >= 15 is 0 Å². The van der Waals surface area contributed by atoms with Crippen LogP contribution in [0.1, 0.15) is 6.92 Å². The molecule has 0 bridgehead atoms. The molecule has 9 heavy (non-hydrogen) atoms. The summed E-state index contributed by atoms with van der Waals surface area (Å²) in [5.41, 5.74) is 4.82. The van der Waals surface area contributed by atoms with E-state index in [2.05, 4.69) is 10.6 Å². The van der Waals surface area contributed by atoms with Gasteiger partial charge in [-0.05, 0) is 13.0 Å². The van der Waals surface area contributed by atoms with Gasteiger partial charge in [0.2, 0.25) is 0 Å². The minimum atomic E-state index is -0.692. The number of rotatable bonds is 0. The quantitative estimate of drug-likeness (QED) is 0.410. The van der Waals surface area contributed by atoms with Gasteiger partial charge < -0.3 is 16.4 Å². The first-order valence-corrected chi connectivity index (χ1v) is 2.65. The van der Waals surface area contributed by atoms with Crippen LogP contribution in [0.15, 0.2) is 12.3 Å². The van der Waals surface area contributed by atoms with E-state index in [4.69, 9.17) is 5.73 Å². The highest BCUT2D eigenvalue weighted by Gasteiger charge is 2.19. The Labute approximate surface area is 53.1 Å². The molecule has 0 saturated heterocycles. The van der Waals surface area contributed by atoms with Crippen molar-refractivity contribution in [3.63, 3.8) is 0 Å². The molecule has 1 rings (SSSR count). The largest absolute Gasteiger partial charge is 0.320 e. The van der Waals surface area contributed by atoms with Crippen LogP contribution < -0.4 is 16.4 Å². The summed E-state index contributed by atoms with van der Waals surface area (Å²) in [4.78, 5) is 10.5. The van der Waals surface area contributed by atoms with E-state index in [9.17, 15) is 4.79 Å². The fraction of sp³-hybridized carbons (Fsp3) is 0.400. The zero-order chi connectivity index (χ0) is 6.91. The number of amides is 2. The van der Waals surface area contributed by atoms with Crippen LogP contribution >= 0.6 is 0 Å². The fourth-order valence-corrected chi connectivity index (χ4v) is 0.613. The van der Waals surface area contributed by atoms with Gasteiger partial charge in [-0.3, -0.25) is 0 Å². The van der Waals surface area contributed by atoms with Crippen LogP contribution in [0.5, 0.6) is 0 Å². The second-order valence-corrected chi connectivity index (χ2v) is 2.21. The zero-order valence-electron chi connectivity index (χ0n) is 5.14. The van der Waals surface area contributed by atoms with E-state index in [0.717, 1.165) is 0 Å². The van der Waals surface area contributed by atoms with Gasteiger partial charge in [0.15, 0.2) is 0 Å². The van der Waals surface area contributed by atoms with Crippen molar-refractivity contribution >= 4 is 6.03 Å². The van der Waals surface area contributed by atoms with Gasteiger partial charge in [0.05, 0.1) is 0 Å². The Kier molecular flexibility index (Phi) is 1.17.